The van der Waals surface area contributed by atoms with Crippen LogP contribution in [0.3, 0.4) is 0 Å². The van der Waals surface area contributed by atoms with Crippen LogP contribution >= 0.6 is 0 Å². The summed E-state index contributed by atoms with van der Waals surface area (Å²) in [6.45, 7) is 11.6. The predicted octanol–water partition coefficient (Wildman–Crippen LogP) is 8.30. The summed E-state index contributed by atoms with van der Waals surface area (Å²) in [4.78, 5) is 26.8. The molecule has 0 saturated heterocycles. The van der Waals surface area contributed by atoms with E-state index in [-0.39, 0.29) is 17.6 Å². The van der Waals surface area contributed by atoms with Crippen molar-refractivity contribution in [2.45, 2.75) is 130 Å². The molecule has 0 radical (unpaired) electrons. The van der Waals surface area contributed by atoms with E-state index in [0.717, 1.165) is 90.3 Å². The first-order chi connectivity index (χ1) is 23.8. The number of aryl methyl sites for hydroxylation is 1. The largest absolute Gasteiger partial charge is 0.448 e. The number of ketones is 1. The van der Waals surface area contributed by atoms with Crippen molar-refractivity contribution in [1.82, 2.24) is 10.6 Å². The summed E-state index contributed by atoms with van der Waals surface area (Å²) in [6.07, 6.45) is 18.5. The van der Waals surface area contributed by atoms with Gasteiger partial charge < -0.3 is 25.4 Å². The monoisotopic (exact) mass is 675 g/mol. The second-order valence-electron chi connectivity index (χ2n) is 15.6. The molecule has 2 fully saturated rings. The topological polar surface area (TPSA) is 90.9 Å². The van der Waals surface area contributed by atoms with Crippen LogP contribution in [0.4, 0.5) is 10.5 Å². The van der Waals surface area contributed by atoms with Gasteiger partial charge in [0.25, 0.3) is 0 Å². The lowest BCUT2D eigenvalue weighted by atomic mass is 9.53. The molecule has 5 atom stereocenters. The van der Waals surface area contributed by atoms with Crippen LogP contribution in [0.1, 0.15) is 123 Å². The number of nitrogens with one attached hydrogen (secondary N) is 2. The maximum Gasteiger partial charge on any atom is 0.407 e. The number of ether oxygens (including phenoxy) is 1. The van der Waals surface area contributed by atoms with Crippen molar-refractivity contribution in [3.63, 3.8) is 0 Å². The average Bonchev–Trinajstić information content (AvgIpc) is 3.40. The molecule has 2 saturated carbocycles. The zero-order valence-corrected chi connectivity index (χ0v) is 30.9. The molecule has 1 aromatic rings. The fourth-order valence-corrected chi connectivity index (χ4v) is 9.72. The minimum atomic E-state index is -0.335. The Labute approximate surface area is 296 Å². The lowest BCUT2D eigenvalue weighted by Crippen LogP contribution is -2.45. The number of aliphatic hydroxyl groups excluding tert-OH is 1. The first kappa shape index (κ1) is 37.6. The van der Waals surface area contributed by atoms with Gasteiger partial charge in [0.15, 0.2) is 5.78 Å². The van der Waals surface area contributed by atoms with Gasteiger partial charge in [0.05, 0.1) is 6.10 Å². The number of benzene rings is 1. The maximum atomic E-state index is 12.2. The van der Waals surface area contributed by atoms with E-state index in [1.165, 1.54) is 48.1 Å². The molecule has 7 nitrogen and oxygen atoms in total. The summed E-state index contributed by atoms with van der Waals surface area (Å²) in [5.74, 6) is 2.05. The van der Waals surface area contributed by atoms with E-state index in [2.05, 4.69) is 60.6 Å². The number of carbonyl (C=O) groups is 2. The smallest absolute Gasteiger partial charge is 0.407 e. The normalized spacial score (nSPS) is 26.1. The number of unbranched alkanes of at least 4 members (excludes halogenated alkanes) is 3. The summed E-state index contributed by atoms with van der Waals surface area (Å²) in [5.41, 5.74) is 7.20. The number of anilines is 1. The van der Waals surface area contributed by atoms with Gasteiger partial charge in [-0.15, -0.1) is 0 Å². The van der Waals surface area contributed by atoms with Gasteiger partial charge in [0, 0.05) is 38.3 Å². The Balaban J connectivity index is 0.922. The van der Waals surface area contributed by atoms with Gasteiger partial charge in [0.2, 0.25) is 0 Å². The number of hydrogen-bond acceptors (Lipinski definition) is 6. The molecule has 3 N–H and O–H groups in total. The third-order valence-corrected chi connectivity index (χ3v) is 12.2. The van der Waals surface area contributed by atoms with Gasteiger partial charge in [-0.1, -0.05) is 57.7 Å². The van der Waals surface area contributed by atoms with Crippen LogP contribution in [0.25, 0.3) is 0 Å². The summed E-state index contributed by atoms with van der Waals surface area (Å²) in [7, 11) is 0. The Kier molecular flexibility index (Phi) is 14.2. The predicted molar refractivity (Wildman–Crippen MR) is 200 cm³/mol. The first-order valence-corrected chi connectivity index (χ1v) is 19.9. The molecule has 5 unspecified atom stereocenters. The quantitative estimate of drug-likeness (QED) is 0.128. The number of carbonyl (C=O) groups excluding carboxylic acids is 2. The van der Waals surface area contributed by atoms with Gasteiger partial charge in [-0.2, -0.15) is 0 Å². The SMILES string of the molecule is CCCN(CCC)c1ccc(CCCNC(=O)OCCNCCCCCCC2CC3(C)C(O)CCC3C3CCC4=CC(=O)CCC4=C23)cc1. The Bertz CT molecular complexity index is 1280. The molecule has 4 aliphatic carbocycles. The molecule has 1 amide bonds. The van der Waals surface area contributed by atoms with Crippen molar-refractivity contribution < 1.29 is 19.4 Å². The number of fused-ring (bicyclic) bond motifs is 4. The van der Waals surface area contributed by atoms with Crippen molar-refractivity contribution >= 4 is 17.6 Å². The van der Waals surface area contributed by atoms with Crippen LogP contribution < -0.4 is 15.5 Å². The van der Waals surface area contributed by atoms with Crippen LogP contribution in [0.5, 0.6) is 0 Å². The number of aliphatic hydroxyl groups is 1. The number of nitrogens with zero attached hydrogens (tertiary/aromatic N) is 1. The van der Waals surface area contributed by atoms with E-state index in [1.54, 1.807) is 5.57 Å². The fourth-order valence-electron chi connectivity index (χ4n) is 9.72. The lowest BCUT2D eigenvalue weighted by Gasteiger charge is -2.52. The molecule has 4 aliphatic rings. The summed E-state index contributed by atoms with van der Waals surface area (Å²) >= 11 is 0. The number of rotatable bonds is 19. The van der Waals surface area contributed by atoms with Crippen molar-refractivity contribution in [3.8, 4) is 0 Å². The third-order valence-electron chi connectivity index (χ3n) is 12.2. The third kappa shape index (κ3) is 9.78. The Morgan fingerprint density at radius 1 is 0.939 bits per heavy atom. The second kappa shape index (κ2) is 18.6. The molecule has 0 aliphatic heterocycles. The second-order valence-corrected chi connectivity index (χ2v) is 15.6. The van der Waals surface area contributed by atoms with Crippen LogP contribution in [0.15, 0.2) is 47.1 Å². The van der Waals surface area contributed by atoms with Crippen LogP contribution in [0.2, 0.25) is 0 Å². The highest BCUT2D eigenvalue weighted by molar-refractivity contribution is 5.93. The average molecular weight is 676 g/mol. The summed E-state index contributed by atoms with van der Waals surface area (Å²) in [5, 5.41) is 17.4. The van der Waals surface area contributed by atoms with E-state index < -0.39 is 0 Å². The maximum absolute atomic E-state index is 12.2. The molecule has 0 aromatic heterocycles. The number of allylic oxidation sites excluding steroid dienone is 4. The lowest BCUT2D eigenvalue weighted by molar-refractivity contribution is -0.114. The first-order valence-electron chi connectivity index (χ1n) is 19.9. The summed E-state index contributed by atoms with van der Waals surface area (Å²) in [6, 6.07) is 8.87. The van der Waals surface area contributed by atoms with Gasteiger partial charge in [-0.3, -0.25) is 4.79 Å². The number of amides is 1. The molecule has 5 rings (SSSR count). The van der Waals surface area contributed by atoms with E-state index in [9.17, 15) is 14.7 Å². The molecular formula is C42H65N3O4. The van der Waals surface area contributed by atoms with Gasteiger partial charge in [-0.25, -0.2) is 4.79 Å². The molecule has 0 spiro atoms. The highest BCUT2D eigenvalue weighted by Crippen LogP contribution is 2.62. The molecule has 49 heavy (non-hydrogen) atoms. The van der Waals surface area contributed by atoms with Gasteiger partial charge in [0.1, 0.15) is 6.61 Å². The van der Waals surface area contributed by atoms with Crippen molar-refractivity contribution in [2.24, 2.45) is 23.2 Å². The zero-order valence-electron chi connectivity index (χ0n) is 30.9. The fraction of sp³-hybridized carbons (Fsp3) is 0.714. The van der Waals surface area contributed by atoms with E-state index >= 15 is 0 Å². The van der Waals surface area contributed by atoms with Crippen molar-refractivity contribution in [3.05, 3.63) is 52.6 Å². The standard InChI is InChI=1S/C42H65N3O4/c1-4-26-45(27-5-2)34-16-13-31(14-17-34)11-10-24-44-41(48)49-28-25-43-23-9-7-6-8-12-33-30-42(3)38(21-22-39(42)47)37-19-15-32-29-35(46)18-20-36(32)40(33)37/h13-14,16-17,29,33,37-39,43,47H,4-12,15,18-28,30H2,1-3H3,(H,44,48). The number of alkyl carbamates (subject to hydrolysis) is 1. The van der Waals surface area contributed by atoms with Crippen LogP contribution in [0, 0.1) is 23.2 Å². The Morgan fingerprint density at radius 3 is 2.49 bits per heavy atom. The highest BCUT2D eigenvalue weighted by atomic mass is 16.5. The molecule has 7 heteroatoms. The van der Waals surface area contributed by atoms with E-state index in [4.69, 9.17) is 4.74 Å². The molecule has 272 valence electrons. The van der Waals surface area contributed by atoms with Gasteiger partial charge >= 0.3 is 6.09 Å². The Morgan fingerprint density at radius 2 is 1.71 bits per heavy atom. The van der Waals surface area contributed by atoms with Crippen molar-refractivity contribution in [2.75, 3.05) is 44.2 Å². The molecule has 1 aromatic carbocycles. The van der Waals surface area contributed by atoms with Gasteiger partial charge in [-0.05, 0) is 142 Å². The zero-order chi connectivity index (χ0) is 34.6. The highest BCUT2D eigenvalue weighted by Gasteiger charge is 2.55. The minimum Gasteiger partial charge on any atom is -0.448 e. The number of hydrogen-bond donors (Lipinski definition) is 3. The van der Waals surface area contributed by atoms with E-state index in [1.807, 2.05) is 6.08 Å². The van der Waals surface area contributed by atoms with Crippen LogP contribution in [-0.4, -0.2) is 62.4 Å². The van der Waals surface area contributed by atoms with E-state index in [0.29, 0.717) is 49.7 Å². The van der Waals surface area contributed by atoms with Crippen molar-refractivity contribution in [1.29, 1.82) is 0 Å². The Hall–Kier alpha value is -2.64. The molecular weight excluding hydrogens is 610 g/mol. The summed E-state index contributed by atoms with van der Waals surface area (Å²) < 4.78 is 5.36. The molecule has 0 bridgehead atoms. The molecule has 0 heterocycles. The minimum absolute atomic E-state index is 0.0471. The van der Waals surface area contributed by atoms with Crippen LogP contribution in [-0.2, 0) is 16.0 Å².